The lowest BCUT2D eigenvalue weighted by molar-refractivity contribution is -0.384. The number of aryl methyl sites for hydroxylation is 1. The summed E-state index contributed by atoms with van der Waals surface area (Å²) in [6.07, 6.45) is 1.32. The largest absolute Gasteiger partial charge is 0.496 e. The Kier molecular flexibility index (Phi) is 6.36. The summed E-state index contributed by atoms with van der Waals surface area (Å²) in [5, 5.41) is 14.4. The molecule has 0 radical (unpaired) electrons. The van der Waals surface area contributed by atoms with Crippen LogP contribution in [0.2, 0.25) is 0 Å². The summed E-state index contributed by atoms with van der Waals surface area (Å²) in [6.45, 7) is 5.20. The first-order chi connectivity index (χ1) is 13.9. The third-order valence-corrected chi connectivity index (χ3v) is 5.50. The molecule has 7 nitrogen and oxygen atoms in total. The minimum Gasteiger partial charge on any atom is -0.496 e. The number of carbonyl (C=O) groups is 1. The van der Waals surface area contributed by atoms with Crippen LogP contribution in [0.4, 0.5) is 11.4 Å². The van der Waals surface area contributed by atoms with Gasteiger partial charge in [-0.2, -0.15) is 0 Å². The molecule has 0 aliphatic carbocycles. The highest BCUT2D eigenvalue weighted by atomic mass is 16.6. The van der Waals surface area contributed by atoms with Crippen molar-refractivity contribution in [1.29, 1.82) is 0 Å². The van der Waals surface area contributed by atoms with Gasteiger partial charge in [-0.15, -0.1) is 0 Å². The first kappa shape index (κ1) is 20.6. The fourth-order valence-corrected chi connectivity index (χ4v) is 3.87. The van der Waals surface area contributed by atoms with E-state index in [9.17, 15) is 14.9 Å². The number of nitro benzene ring substituents is 1. The maximum Gasteiger partial charge on any atom is 0.292 e. The number of rotatable bonds is 6. The number of piperidine rings is 1. The van der Waals surface area contributed by atoms with E-state index in [1.54, 1.807) is 25.3 Å². The average Bonchev–Trinajstić information content (AvgIpc) is 2.73. The molecule has 3 rings (SSSR count). The molecule has 2 aromatic rings. The molecular weight excluding hydrogens is 370 g/mol. The van der Waals surface area contributed by atoms with Gasteiger partial charge in [0, 0.05) is 30.6 Å². The lowest BCUT2D eigenvalue weighted by atomic mass is 9.94. The number of ether oxygens (including phenoxy) is 1. The van der Waals surface area contributed by atoms with Gasteiger partial charge < -0.3 is 15.0 Å². The molecule has 1 N–H and O–H groups in total. The minimum atomic E-state index is -0.356. The van der Waals surface area contributed by atoms with Gasteiger partial charge in [0.2, 0.25) is 5.91 Å². The summed E-state index contributed by atoms with van der Waals surface area (Å²) < 4.78 is 5.43. The molecule has 1 amide bonds. The Morgan fingerprint density at radius 2 is 1.93 bits per heavy atom. The molecule has 0 spiro atoms. The summed E-state index contributed by atoms with van der Waals surface area (Å²) in [4.78, 5) is 25.7. The van der Waals surface area contributed by atoms with Crippen molar-refractivity contribution in [3.8, 4) is 5.75 Å². The number of amides is 1. The molecule has 7 heteroatoms. The van der Waals surface area contributed by atoms with E-state index in [1.165, 1.54) is 6.07 Å². The number of methoxy groups -OCH3 is 1. The lowest BCUT2D eigenvalue weighted by Crippen LogP contribution is -2.41. The highest BCUT2D eigenvalue weighted by molar-refractivity contribution is 5.79. The Labute approximate surface area is 170 Å². The average molecular weight is 397 g/mol. The van der Waals surface area contributed by atoms with E-state index in [4.69, 9.17) is 4.74 Å². The number of nitrogens with zero attached hydrogens (tertiary/aromatic N) is 2. The maximum atomic E-state index is 12.8. The molecule has 0 saturated carbocycles. The zero-order valence-electron chi connectivity index (χ0n) is 17.1. The van der Waals surface area contributed by atoms with Crippen molar-refractivity contribution in [2.24, 2.45) is 5.92 Å². The third-order valence-electron chi connectivity index (χ3n) is 5.50. The van der Waals surface area contributed by atoms with Crippen LogP contribution in [0.1, 0.15) is 36.9 Å². The Morgan fingerprint density at radius 3 is 2.59 bits per heavy atom. The second-order valence-electron chi connectivity index (χ2n) is 7.48. The Bertz CT molecular complexity index is 891. The van der Waals surface area contributed by atoms with Gasteiger partial charge >= 0.3 is 0 Å². The molecule has 1 saturated heterocycles. The van der Waals surface area contributed by atoms with E-state index >= 15 is 0 Å². The summed E-state index contributed by atoms with van der Waals surface area (Å²) in [5.41, 5.74) is 2.79. The number of nitrogens with one attached hydrogen (secondary N) is 1. The van der Waals surface area contributed by atoms with E-state index in [2.05, 4.69) is 5.32 Å². The Balaban J connectivity index is 1.62. The monoisotopic (exact) mass is 397 g/mol. The van der Waals surface area contributed by atoms with Crippen LogP contribution in [0.25, 0.3) is 0 Å². The van der Waals surface area contributed by atoms with Gasteiger partial charge in [0.1, 0.15) is 11.4 Å². The minimum absolute atomic E-state index is 0.0169. The summed E-state index contributed by atoms with van der Waals surface area (Å²) in [7, 11) is 1.63. The van der Waals surface area contributed by atoms with Crippen molar-refractivity contribution >= 4 is 17.3 Å². The normalized spacial score (nSPS) is 15.6. The van der Waals surface area contributed by atoms with Gasteiger partial charge in [0.25, 0.3) is 5.69 Å². The van der Waals surface area contributed by atoms with E-state index < -0.39 is 0 Å². The summed E-state index contributed by atoms with van der Waals surface area (Å²) in [6, 6.07) is 12.5. The fraction of sp³-hybridized carbons (Fsp3) is 0.409. The van der Waals surface area contributed by atoms with E-state index in [0.717, 1.165) is 16.9 Å². The number of nitro groups is 1. The van der Waals surface area contributed by atoms with Crippen molar-refractivity contribution < 1.29 is 14.5 Å². The van der Waals surface area contributed by atoms with E-state index in [-0.39, 0.29) is 28.5 Å². The van der Waals surface area contributed by atoms with Crippen LogP contribution < -0.4 is 15.0 Å². The Morgan fingerprint density at radius 1 is 1.24 bits per heavy atom. The molecule has 29 heavy (non-hydrogen) atoms. The first-order valence-corrected chi connectivity index (χ1v) is 9.84. The van der Waals surface area contributed by atoms with Crippen molar-refractivity contribution in [1.82, 2.24) is 5.32 Å². The number of carbonyl (C=O) groups excluding carboxylic acids is 1. The zero-order chi connectivity index (χ0) is 21.0. The highest BCUT2D eigenvalue weighted by Gasteiger charge is 2.29. The molecule has 154 valence electrons. The molecule has 0 unspecified atom stereocenters. The van der Waals surface area contributed by atoms with Gasteiger partial charge in [-0.3, -0.25) is 14.9 Å². The Hall–Kier alpha value is -3.09. The zero-order valence-corrected chi connectivity index (χ0v) is 17.1. The van der Waals surface area contributed by atoms with Gasteiger partial charge in [-0.25, -0.2) is 0 Å². The molecule has 1 aliphatic rings. The number of hydrogen-bond acceptors (Lipinski definition) is 5. The molecule has 2 aromatic carbocycles. The molecule has 1 fully saturated rings. The van der Waals surface area contributed by atoms with Crippen LogP contribution in [0.15, 0.2) is 42.5 Å². The lowest BCUT2D eigenvalue weighted by Gasteiger charge is -2.33. The van der Waals surface area contributed by atoms with Crippen LogP contribution in [0, 0.1) is 23.0 Å². The quantitative estimate of drug-likeness (QED) is 0.588. The molecule has 0 bridgehead atoms. The summed E-state index contributed by atoms with van der Waals surface area (Å²) in [5.74, 6) is 0.671. The topological polar surface area (TPSA) is 84.7 Å². The number of benzene rings is 2. The second-order valence-corrected chi connectivity index (χ2v) is 7.48. The standard InChI is InChI=1S/C22H27N3O4/c1-15-8-9-21(29-3)18(14-15)16(2)23-22(26)17-10-12-24(13-11-17)19-6-4-5-7-20(19)25(27)28/h4-9,14,16-17H,10-13H2,1-3H3,(H,23,26)/t16-/m1/s1. The third kappa shape index (κ3) is 4.67. The van der Waals surface area contributed by atoms with Gasteiger partial charge in [-0.05, 0) is 38.8 Å². The second kappa shape index (κ2) is 8.94. The number of hydrogen-bond donors (Lipinski definition) is 1. The van der Waals surface area contributed by atoms with Crippen LogP contribution in [0.5, 0.6) is 5.75 Å². The van der Waals surface area contributed by atoms with E-state index in [0.29, 0.717) is 31.6 Å². The smallest absolute Gasteiger partial charge is 0.292 e. The fourth-order valence-electron chi connectivity index (χ4n) is 3.87. The first-order valence-electron chi connectivity index (χ1n) is 9.84. The molecule has 1 atom stereocenters. The molecule has 1 heterocycles. The van der Waals surface area contributed by atoms with Crippen LogP contribution in [0.3, 0.4) is 0 Å². The van der Waals surface area contributed by atoms with Crippen molar-refractivity contribution in [3.63, 3.8) is 0 Å². The van der Waals surface area contributed by atoms with Crippen LogP contribution in [-0.2, 0) is 4.79 Å². The van der Waals surface area contributed by atoms with Gasteiger partial charge in [0.05, 0.1) is 18.1 Å². The summed E-state index contributed by atoms with van der Waals surface area (Å²) >= 11 is 0. The number of para-hydroxylation sites is 2. The van der Waals surface area contributed by atoms with E-state index in [1.807, 2.05) is 36.9 Å². The van der Waals surface area contributed by atoms with Gasteiger partial charge in [0.15, 0.2) is 0 Å². The van der Waals surface area contributed by atoms with Crippen LogP contribution >= 0.6 is 0 Å². The molecular formula is C22H27N3O4. The van der Waals surface area contributed by atoms with Crippen molar-refractivity contribution in [2.45, 2.75) is 32.7 Å². The predicted octanol–water partition coefficient (Wildman–Crippen LogP) is 4.01. The predicted molar refractivity (Wildman–Crippen MR) is 112 cm³/mol. The number of anilines is 1. The molecule has 0 aromatic heterocycles. The van der Waals surface area contributed by atoms with Crippen LogP contribution in [-0.4, -0.2) is 31.0 Å². The van der Waals surface area contributed by atoms with Crippen molar-refractivity contribution in [3.05, 3.63) is 63.7 Å². The molecule has 1 aliphatic heterocycles. The SMILES string of the molecule is COc1ccc(C)cc1[C@@H](C)NC(=O)C1CCN(c2ccccc2[N+](=O)[O-])CC1. The van der Waals surface area contributed by atoms with Gasteiger partial charge in [-0.1, -0.05) is 29.8 Å². The highest BCUT2D eigenvalue weighted by Crippen LogP contribution is 2.32. The van der Waals surface area contributed by atoms with Crippen molar-refractivity contribution in [2.75, 3.05) is 25.1 Å². The maximum absolute atomic E-state index is 12.8.